The lowest BCUT2D eigenvalue weighted by atomic mass is 10.3. The quantitative estimate of drug-likeness (QED) is 0.596. The molecule has 130 valence electrons. The smallest absolute Gasteiger partial charge is 0.331 e. The number of carbonyl (C=O) groups is 2. The first kappa shape index (κ1) is 17.0. The van der Waals surface area contributed by atoms with Crippen LogP contribution in [0.2, 0.25) is 0 Å². The number of likely N-dealkylation sites (N-methyl/N-ethyl adjacent to an activating group) is 1. The van der Waals surface area contributed by atoms with E-state index >= 15 is 0 Å². The molecular formula is C19H20N2O4. The minimum absolute atomic E-state index is 0.209. The summed E-state index contributed by atoms with van der Waals surface area (Å²) in [6.45, 7) is 2.20. The third-order valence-electron chi connectivity index (χ3n) is 3.99. The van der Waals surface area contributed by atoms with E-state index in [1.54, 1.807) is 11.0 Å². The first-order valence-electron chi connectivity index (χ1n) is 8.37. The van der Waals surface area contributed by atoms with Gasteiger partial charge in [0.15, 0.2) is 12.2 Å². The van der Waals surface area contributed by atoms with E-state index in [4.69, 9.17) is 9.15 Å². The van der Waals surface area contributed by atoms with Gasteiger partial charge in [-0.05, 0) is 38.3 Å². The topological polar surface area (TPSA) is 72.6 Å². The number of hydrogen-bond donors (Lipinski definition) is 0. The number of amides is 1. The van der Waals surface area contributed by atoms with Crippen LogP contribution in [0.4, 0.5) is 0 Å². The lowest BCUT2D eigenvalue weighted by molar-refractivity contribution is -0.147. The van der Waals surface area contributed by atoms with Gasteiger partial charge in [0.1, 0.15) is 5.52 Å². The maximum atomic E-state index is 12.2. The van der Waals surface area contributed by atoms with E-state index in [0.717, 1.165) is 25.0 Å². The van der Waals surface area contributed by atoms with Crippen LogP contribution >= 0.6 is 0 Å². The summed E-state index contributed by atoms with van der Waals surface area (Å²) in [6.07, 6.45) is 7.66. The van der Waals surface area contributed by atoms with Crippen molar-refractivity contribution in [1.82, 2.24) is 9.88 Å². The second kappa shape index (κ2) is 7.79. The summed E-state index contributed by atoms with van der Waals surface area (Å²) in [5.41, 5.74) is 2.38. The number of oxazole rings is 1. The molecule has 1 heterocycles. The van der Waals surface area contributed by atoms with Gasteiger partial charge in [-0.1, -0.05) is 18.2 Å². The average Bonchev–Trinajstić information content (AvgIpc) is 3.28. The lowest BCUT2D eigenvalue weighted by Gasteiger charge is -2.21. The van der Waals surface area contributed by atoms with Crippen molar-refractivity contribution in [3.63, 3.8) is 0 Å². The molecule has 0 bridgehead atoms. The molecule has 0 atom stereocenters. The van der Waals surface area contributed by atoms with E-state index in [9.17, 15) is 9.59 Å². The number of fused-ring (bicyclic) bond motifs is 1. The number of para-hydroxylation sites is 2. The molecule has 0 unspecified atom stereocenters. The van der Waals surface area contributed by atoms with Crippen LogP contribution in [0.25, 0.3) is 17.2 Å². The molecule has 6 nitrogen and oxygen atoms in total. The van der Waals surface area contributed by atoms with Crippen LogP contribution in [0.5, 0.6) is 0 Å². The molecule has 1 aromatic heterocycles. The fourth-order valence-corrected chi connectivity index (χ4v) is 2.80. The Morgan fingerprint density at radius 1 is 1.36 bits per heavy atom. The van der Waals surface area contributed by atoms with Crippen LogP contribution in [-0.4, -0.2) is 34.9 Å². The van der Waals surface area contributed by atoms with Crippen molar-refractivity contribution < 1.29 is 18.7 Å². The Hall–Kier alpha value is -2.89. The van der Waals surface area contributed by atoms with Gasteiger partial charge in [0.05, 0.1) is 0 Å². The third kappa shape index (κ3) is 4.15. The largest absolute Gasteiger partial charge is 0.452 e. The van der Waals surface area contributed by atoms with Gasteiger partial charge >= 0.3 is 5.97 Å². The van der Waals surface area contributed by atoms with Crippen LogP contribution in [0, 0.1) is 0 Å². The van der Waals surface area contributed by atoms with Crippen molar-refractivity contribution in [2.45, 2.75) is 26.2 Å². The average molecular weight is 340 g/mol. The van der Waals surface area contributed by atoms with E-state index in [0.29, 0.717) is 23.5 Å². The monoisotopic (exact) mass is 340 g/mol. The van der Waals surface area contributed by atoms with Crippen molar-refractivity contribution in [3.05, 3.63) is 48.0 Å². The van der Waals surface area contributed by atoms with Gasteiger partial charge in [0.2, 0.25) is 5.89 Å². The maximum absolute atomic E-state index is 12.2. The number of rotatable bonds is 6. The van der Waals surface area contributed by atoms with E-state index in [2.05, 4.69) is 11.1 Å². The highest BCUT2D eigenvalue weighted by atomic mass is 16.5. The van der Waals surface area contributed by atoms with Crippen LogP contribution in [0.1, 0.15) is 32.1 Å². The van der Waals surface area contributed by atoms with Gasteiger partial charge in [0.25, 0.3) is 5.91 Å². The molecule has 0 saturated carbocycles. The van der Waals surface area contributed by atoms with Gasteiger partial charge in [-0.3, -0.25) is 4.79 Å². The molecule has 0 spiro atoms. The molecule has 1 aromatic carbocycles. The fraction of sp³-hybridized carbons (Fsp3) is 0.316. The molecule has 1 amide bonds. The van der Waals surface area contributed by atoms with Crippen molar-refractivity contribution in [2.24, 2.45) is 0 Å². The summed E-state index contributed by atoms with van der Waals surface area (Å²) in [6, 6.07) is 7.33. The number of aromatic nitrogens is 1. The minimum Gasteiger partial charge on any atom is -0.452 e. The van der Waals surface area contributed by atoms with E-state index < -0.39 is 5.97 Å². The van der Waals surface area contributed by atoms with Gasteiger partial charge in [-0.25, -0.2) is 9.78 Å². The van der Waals surface area contributed by atoms with Crippen molar-refractivity contribution in [1.29, 1.82) is 0 Å². The Labute approximate surface area is 145 Å². The number of hydrogen-bond acceptors (Lipinski definition) is 5. The van der Waals surface area contributed by atoms with Gasteiger partial charge in [0, 0.05) is 24.4 Å². The number of allylic oxidation sites excluding steroid dienone is 2. The van der Waals surface area contributed by atoms with Crippen molar-refractivity contribution >= 4 is 29.1 Å². The fourth-order valence-electron chi connectivity index (χ4n) is 2.80. The zero-order valence-corrected chi connectivity index (χ0v) is 14.1. The van der Waals surface area contributed by atoms with Crippen molar-refractivity contribution in [2.75, 3.05) is 13.2 Å². The molecule has 0 fully saturated rings. The third-order valence-corrected chi connectivity index (χ3v) is 3.99. The summed E-state index contributed by atoms with van der Waals surface area (Å²) in [5, 5.41) is 0. The molecule has 6 heteroatoms. The maximum Gasteiger partial charge on any atom is 0.331 e. The molecule has 1 aliphatic carbocycles. The standard InChI is InChI=1S/C19H20N2O4/c1-2-21(14-7-3-4-8-14)18(22)13-24-19(23)12-11-17-20-15-9-5-6-10-16(15)25-17/h5-7,9-12H,2-4,8,13H2,1H3/b12-11+. The molecule has 0 saturated heterocycles. The van der Waals surface area contributed by atoms with Gasteiger partial charge < -0.3 is 14.1 Å². The predicted molar refractivity (Wildman–Crippen MR) is 93.3 cm³/mol. The van der Waals surface area contributed by atoms with Gasteiger partial charge in [-0.2, -0.15) is 0 Å². The number of benzene rings is 1. The normalized spacial score (nSPS) is 14.0. The lowest BCUT2D eigenvalue weighted by Crippen LogP contribution is -2.33. The van der Waals surface area contributed by atoms with E-state index in [1.165, 1.54) is 12.2 Å². The summed E-state index contributed by atoms with van der Waals surface area (Å²) < 4.78 is 10.5. The molecule has 1 aliphatic rings. The highest BCUT2D eigenvalue weighted by molar-refractivity contribution is 5.89. The molecule has 2 aromatic rings. The SMILES string of the molecule is CCN(C(=O)COC(=O)/C=C/c1nc2ccccc2o1)C1=CCCC1. The number of ether oxygens (including phenoxy) is 1. The van der Waals surface area contributed by atoms with Gasteiger partial charge in [-0.15, -0.1) is 0 Å². The molecular weight excluding hydrogens is 320 g/mol. The summed E-state index contributed by atoms with van der Waals surface area (Å²) in [7, 11) is 0. The minimum atomic E-state index is -0.605. The molecule has 0 radical (unpaired) electrons. The first-order chi connectivity index (χ1) is 12.2. The van der Waals surface area contributed by atoms with Crippen molar-refractivity contribution in [3.8, 4) is 0 Å². The summed E-state index contributed by atoms with van der Waals surface area (Å²) in [4.78, 5) is 29.9. The number of carbonyl (C=O) groups excluding carboxylic acids is 2. The Morgan fingerprint density at radius 2 is 2.20 bits per heavy atom. The second-order valence-corrected chi connectivity index (χ2v) is 5.69. The summed E-state index contributed by atoms with van der Waals surface area (Å²) in [5.74, 6) is -0.498. The number of esters is 1. The zero-order valence-electron chi connectivity index (χ0n) is 14.1. The molecule has 3 rings (SSSR count). The highest BCUT2D eigenvalue weighted by Crippen LogP contribution is 2.21. The Bertz CT molecular complexity index is 802. The highest BCUT2D eigenvalue weighted by Gasteiger charge is 2.19. The van der Waals surface area contributed by atoms with Crippen LogP contribution in [0.3, 0.4) is 0 Å². The van der Waals surface area contributed by atoms with Crippen LogP contribution < -0.4 is 0 Å². The Morgan fingerprint density at radius 3 is 2.92 bits per heavy atom. The van der Waals surface area contributed by atoms with Crippen LogP contribution in [0.15, 0.2) is 46.5 Å². The van der Waals surface area contributed by atoms with E-state index in [1.807, 2.05) is 25.1 Å². The Balaban J connectivity index is 1.54. The first-order valence-corrected chi connectivity index (χ1v) is 8.37. The zero-order chi connectivity index (χ0) is 17.6. The Kier molecular flexibility index (Phi) is 5.28. The second-order valence-electron chi connectivity index (χ2n) is 5.69. The predicted octanol–water partition coefficient (Wildman–Crippen LogP) is 3.30. The molecule has 25 heavy (non-hydrogen) atoms. The van der Waals surface area contributed by atoms with E-state index in [-0.39, 0.29) is 12.5 Å². The summed E-state index contributed by atoms with van der Waals surface area (Å²) >= 11 is 0. The van der Waals surface area contributed by atoms with Crippen LogP contribution in [-0.2, 0) is 14.3 Å². The molecule has 0 N–H and O–H groups in total. The molecule has 0 aliphatic heterocycles. The number of nitrogens with zero attached hydrogens (tertiary/aromatic N) is 2.